The topological polar surface area (TPSA) is 105 Å². The van der Waals surface area contributed by atoms with Crippen molar-refractivity contribution in [2.24, 2.45) is 0 Å². The molecule has 3 aromatic heterocycles. The molecule has 6 rings (SSSR count). The third-order valence-electron chi connectivity index (χ3n) is 6.09. The molecule has 2 aliphatic heterocycles. The van der Waals surface area contributed by atoms with Crippen LogP contribution in [-0.2, 0) is 32.2 Å². The minimum atomic E-state index is -0.579. The Labute approximate surface area is 181 Å². The summed E-state index contributed by atoms with van der Waals surface area (Å²) in [6.45, 7) is 1.86. The van der Waals surface area contributed by atoms with Crippen LogP contribution in [0.2, 0.25) is 5.28 Å². The number of pyridine rings is 1. The third-order valence-corrected chi connectivity index (χ3v) is 6.26. The third kappa shape index (κ3) is 2.91. The van der Waals surface area contributed by atoms with Crippen molar-refractivity contribution in [3.05, 3.63) is 50.9 Å². The predicted molar refractivity (Wildman–Crippen MR) is 110 cm³/mol. The fraction of sp³-hybridized carbons (Fsp3) is 0.333. The van der Waals surface area contributed by atoms with Gasteiger partial charge in [0.05, 0.1) is 22.5 Å². The van der Waals surface area contributed by atoms with Crippen molar-refractivity contribution in [2.45, 2.75) is 32.2 Å². The molecule has 1 aliphatic carbocycles. The largest absolute Gasteiger partial charge is 0.417 e. The number of carbonyl (C=O) groups excluding carboxylic acids is 1. The van der Waals surface area contributed by atoms with E-state index in [2.05, 4.69) is 30.6 Å². The maximum Gasteiger partial charge on any atom is 0.258 e. The quantitative estimate of drug-likeness (QED) is 0.529. The summed E-state index contributed by atoms with van der Waals surface area (Å²) in [6, 6.07) is 0. The molecule has 3 N–H and O–H groups in total. The minimum absolute atomic E-state index is 0.0550. The van der Waals surface area contributed by atoms with Gasteiger partial charge in [0.2, 0.25) is 11.2 Å². The highest BCUT2D eigenvalue weighted by Crippen LogP contribution is 2.41. The van der Waals surface area contributed by atoms with Gasteiger partial charge in [0.15, 0.2) is 5.82 Å². The van der Waals surface area contributed by atoms with Crippen LogP contribution in [0.15, 0.2) is 6.20 Å². The first-order valence-corrected chi connectivity index (χ1v) is 10.6. The van der Waals surface area contributed by atoms with Gasteiger partial charge in [-0.05, 0) is 35.6 Å². The fourth-order valence-corrected chi connectivity index (χ4v) is 4.84. The van der Waals surface area contributed by atoms with Crippen molar-refractivity contribution in [1.82, 2.24) is 30.6 Å². The molecular weight excluding hydrogens is 423 g/mol. The standard InChI is InChI=1S/C21H18ClFN6O2/c22-21-28-12-3-5-24-8-11(12)19(29-21)31-20-16(23)14-9(7-26-20)1-2-10-15-13(27-17(10)14)4-6-25-18(15)30/h7,24,27H,1-6,8H2,(H,25,30). The van der Waals surface area contributed by atoms with Gasteiger partial charge in [-0.1, -0.05) is 0 Å². The van der Waals surface area contributed by atoms with Crippen molar-refractivity contribution in [3.63, 3.8) is 0 Å². The van der Waals surface area contributed by atoms with E-state index in [1.165, 1.54) is 0 Å². The van der Waals surface area contributed by atoms with E-state index >= 15 is 4.39 Å². The van der Waals surface area contributed by atoms with E-state index in [1.807, 2.05) is 0 Å². The number of carbonyl (C=O) groups is 1. The Hall–Kier alpha value is -3.04. The Balaban J connectivity index is 1.46. The molecule has 0 radical (unpaired) electrons. The van der Waals surface area contributed by atoms with E-state index in [9.17, 15) is 4.79 Å². The Bertz CT molecular complexity index is 1260. The number of aromatic nitrogens is 4. The summed E-state index contributed by atoms with van der Waals surface area (Å²) in [7, 11) is 0. The van der Waals surface area contributed by atoms with E-state index in [0.717, 1.165) is 34.6 Å². The van der Waals surface area contributed by atoms with Gasteiger partial charge in [0.1, 0.15) is 0 Å². The SMILES string of the molecule is O=C1NCCc2[nH]c3c(c21)CCc1cnc(Oc2nc(Cl)nc4c2CNCC4)c(F)c1-3. The van der Waals surface area contributed by atoms with E-state index in [-0.39, 0.29) is 23.0 Å². The summed E-state index contributed by atoms with van der Waals surface area (Å²) in [6.07, 6.45) is 4.27. The highest BCUT2D eigenvalue weighted by atomic mass is 35.5. The maximum atomic E-state index is 15.7. The lowest BCUT2D eigenvalue weighted by Gasteiger charge is -2.21. The van der Waals surface area contributed by atoms with E-state index in [0.29, 0.717) is 55.6 Å². The van der Waals surface area contributed by atoms with Gasteiger partial charge in [0, 0.05) is 49.9 Å². The number of aryl methyl sites for hydroxylation is 1. The molecule has 5 heterocycles. The number of hydrogen-bond donors (Lipinski definition) is 3. The van der Waals surface area contributed by atoms with E-state index in [4.69, 9.17) is 16.3 Å². The first kappa shape index (κ1) is 18.7. The molecule has 3 aliphatic rings. The highest BCUT2D eigenvalue weighted by molar-refractivity contribution is 6.28. The van der Waals surface area contributed by atoms with Crippen LogP contribution in [0.5, 0.6) is 11.8 Å². The van der Waals surface area contributed by atoms with Gasteiger partial charge in [-0.2, -0.15) is 4.98 Å². The first-order chi connectivity index (χ1) is 15.1. The van der Waals surface area contributed by atoms with Crippen LogP contribution in [0.1, 0.15) is 38.4 Å². The number of ether oxygens (including phenoxy) is 1. The van der Waals surface area contributed by atoms with Crippen LogP contribution in [-0.4, -0.2) is 38.9 Å². The summed E-state index contributed by atoms with van der Waals surface area (Å²) in [4.78, 5) is 28.3. The maximum absolute atomic E-state index is 15.7. The Morgan fingerprint density at radius 3 is 2.84 bits per heavy atom. The fourth-order valence-electron chi connectivity index (χ4n) is 4.67. The van der Waals surface area contributed by atoms with Crippen LogP contribution in [0.4, 0.5) is 4.39 Å². The van der Waals surface area contributed by atoms with Gasteiger partial charge >= 0.3 is 0 Å². The lowest BCUT2D eigenvalue weighted by Crippen LogP contribution is -2.32. The van der Waals surface area contributed by atoms with Gasteiger partial charge in [-0.15, -0.1) is 0 Å². The molecule has 0 saturated carbocycles. The number of aromatic amines is 1. The van der Waals surface area contributed by atoms with Gasteiger partial charge in [-0.3, -0.25) is 4.79 Å². The second-order valence-electron chi connectivity index (χ2n) is 7.87. The molecule has 31 heavy (non-hydrogen) atoms. The van der Waals surface area contributed by atoms with Gasteiger partial charge in [0.25, 0.3) is 11.8 Å². The average Bonchev–Trinajstić information content (AvgIpc) is 3.15. The molecule has 10 heteroatoms. The zero-order valence-corrected chi connectivity index (χ0v) is 17.2. The average molecular weight is 441 g/mol. The second-order valence-corrected chi connectivity index (χ2v) is 8.21. The molecule has 0 unspecified atom stereocenters. The Kier molecular flexibility index (Phi) is 4.22. The summed E-state index contributed by atoms with van der Waals surface area (Å²) < 4.78 is 21.6. The molecule has 0 aromatic carbocycles. The molecule has 1 amide bonds. The Morgan fingerprint density at radius 2 is 1.94 bits per heavy atom. The zero-order chi connectivity index (χ0) is 21.1. The normalized spacial score (nSPS) is 16.6. The van der Waals surface area contributed by atoms with Crippen molar-refractivity contribution in [1.29, 1.82) is 0 Å². The van der Waals surface area contributed by atoms with E-state index < -0.39 is 5.82 Å². The smallest absolute Gasteiger partial charge is 0.258 e. The lowest BCUT2D eigenvalue weighted by molar-refractivity contribution is 0.0945. The van der Waals surface area contributed by atoms with Crippen molar-refractivity contribution in [2.75, 3.05) is 13.1 Å². The molecule has 0 bridgehead atoms. The van der Waals surface area contributed by atoms with Crippen molar-refractivity contribution < 1.29 is 13.9 Å². The summed E-state index contributed by atoms with van der Waals surface area (Å²) in [5, 5.41) is 6.16. The van der Waals surface area contributed by atoms with Crippen LogP contribution in [0.25, 0.3) is 11.3 Å². The molecule has 0 saturated heterocycles. The number of fused-ring (bicyclic) bond motifs is 6. The minimum Gasteiger partial charge on any atom is -0.417 e. The second kappa shape index (κ2) is 7.00. The molecular formula is C21H18ClFN6O2. The molecule has 0 atom stereocenters. The number of rotatable bonds is 2. The molecule has 0 spiro atoms. The summed E-state index contributed by atoms with van der Waals surface area (Å²) in [5.41, 5.74) is 5.71. The van der Waals surface area contributed by atoms with Crippen LogP contribution >= 0.6 is 11.6 Å². The molecule has 8 nitrogen and oxygen atoms in total. The summed E-state index contributed by atoms with van der Waals surface area (Å²) in [5.74, 6) is -0.659. The van der Waals surface area contributed by atoms with Crippen molar-refractivity contribution >= 4 is 17.5 Å². The molecule has 3 aromatic rings. The number of hydrogen-bond acceptors (Lipinski definition) is 6. The number of nitrogens with one attached hydrogen (secondary N) is 3. The zero-order valence-electron chi connectivity index (χ0n) is 16.4. The first-order valence-electron chi connectivity index (χ1n) is 10.2. The lowest BCUT2D eigenvalue weighted by atomic mass is 9.88. The van der Waals surface area contributed by atoms with Crippen molar-refractivity contribution in [3.8, 4) is 23.0 Å². The highest BCUT2D eigenvalue weighted by Gasteiger charge is 2.32. The number of nitrogens with zero attached hydrogens (tertiary/aromatic N) is 3. The van der Waals surface area contributed by atoms with Gasteiger partial charge in [-0.25, -0.2) is 14.4 Å². The predicted octanol–water partition coefficient (Wildman–Crippen LogP) is 2.48. The van der Waals surface area contributed by atoms with Gasteiger partial charge < -0.3 is 20.4 Å². The van der Waals surface area contributed by atoms with E-state index in [1.54, 1.807) is 6.20 Å². The monoisotopic (exact) mass is 440 g/mol. The number of halogens is 2. The van der Waals surface area contributed by atoms with Crippen LogP contribution in [0.3, 0.4) is 0 Å². The Morgan fingerprint density at radius 1 is 1.03 bits per heavy atom. The number of H-pyrrole nitrogens is 1. The number of amides is 1. The molecule has 0 fully saturated rings. The summed E-state index contributed by atoms with van der Waals surface area (Å²) >= 11 is 6.06. The van der Waals surface area contributed by atoms with Crippen LogP contribution in [0, 0.1) is 5.82 Å². The van der Waals surface area contributed by atoms with Crippen LogP contribution < -0.4 is 15.4 Å². The molecule has 158 valence electrons.